The lowest BCUT2D eigenvalue weighted by Crippen LogP contribution is -2.12. The Balaban J connectivity index is 1.69. The predicted octanol–water partition coefficient (Wildman–Crippen LogP) is 5.35. The van der Waals surface area contributed by atoms with Crippen LogP contribution in [-0.2, 0) is 0 Å². The minimum atomic E-state index is -0.234. The van der Waals surface area contributed by atoms with Gasteiger partial charge in [-0.05, 0) is 54.6 Å². The number of para-hydroxylation sites is 1. The Morgan fingerprint density at radius 1 is 0.852 bits per heavy atom. The van der Waals surface area contributed by atoms with E-state index in [1.54, 1.807) is 25.3 Å². The molecule has 2 N–H and O–H groups in total. The van der Waals surface area contributed by atoms with Crippen LogP contribution < -0.4 is 20.1 Å². The highest BCUT2D eigenvalue weighted by molar-refractivity contribution is 6.33. The third kappa shape index (κ3) is 4.51. The van der Waals surface area contributed by atoms with E-state index in [1.165, 1.54) is 7.11 Å². The Hall–Kier alpha value is -3.18. The first-order valence-electron chi connectivity index (χ1n) is 8.25. The highest BCUT2D eigenvalue weighted by Gasteiger charge is 2.11. The van der Waals surface area contributed by atoms with Crippen molar-refractivity contribution in [1.29, 1.82) is 0 Å². The van der Waals surface area contributed by atoms with Crippen LogP contribution in [0, 0.1) is 0 Å². The van der Waals surface area contributed by atoms with Gasteiger partial charge in [-0.3, -0.25) is 4.79 Å². The van der Waals surface area contributed by atoms with Crippen molar-refractivity contribution in [2.75, 3.05) is 24.9 Å². The van der Waals surface area contributed by atoms with Gasteiger partial charge in [0, 0.05) is 16.9 Å². The van der Waals surface area contributed by atoms with E-state index in [0.717, 1.165) is 11.4 Å². The van der Waals surface area contributed by atoms with Crippen molar-refractivity contribution in [2.24, 2.45) is 0 Å². The number of carbonyl (C=O) groups is 1. The first kappa shape index (κ1) is 18.6. The fourth-order valence-corrected chi connectivity index (χ4v) is 2.72. The third-order valence-corrected chi connectivity index (χ3v) is 4.27. The van der Waals surface area contributed by atoms with Crippen LogP contribution in [0.1, 0.15) is 10.4 Å². The van der Waals surface area contributed by atoms with Gasteiger partial charge in [0.2, 0.25) is 0 Å². The lowest BCUT2D eigenvalue weighted by Gasteiger charge is -2.11. The molecule has 3 aromatic carbocycles. The summed E-state index contributed by atoms with van der Waals surface area (Å²) in [5.74, 6) is 0.844. The maximum absolute atomic E-state index is 12.5. The molecule has 0 saturated carbocycles. The quantitative estimate of drug-likeness (QED) is 0.603. The molecule has 0 fully saturated rings. The zero-order valence-electron chi connectivity index (χ0n) is 15.0. The lowest BCUT2D eigenvalue weighted by atomic mass is 10.1. The zero-order valence-corrected chi connectivity index (χ0v) is 15.7. The van der Waals surface area contributed by atoms with E-state index in [1.807, 2.05) is 48.5 Å². The summed E-state index contributed by atoms with van der Waals surface area (Å²) in [6, 6.07) is 19.9. The van der Waals surface area contributed by atoms with Crippen molar-refractivity contribution in [3.63, 3.8) is 0 Å². The smallest absolute Gasteiger partial charge is 0.255 e. The molecule has 0 heterocycles. The van der Waals surface area contributed by atoms with Gasteiger partial charge in [-0.2, -0.15) is 0 Å². The largest absolute Gasteiger partial charge is 0.493 e. The summed E-state index contributed by atoms with van der Waals surface area (Å²) in [6.07, 6.45) is 0. The second-order valence-corrected chi connectivity index (χ2v) is 6.11. The molecule has 0 atom stereocenters. The Kier molecular flexibility index (Phi) is 5.84. The molecule has 0 aliphatic heterocycles. The molecule has 27 heavy (non-hydrogen) atoms. The molecule has 5 nitrogen and oxygen atoms in total. The zero-order chi connectivity index (χ0) is 19.2. The number of anilines is 3. The van der Waals surface area contributed by atoms with Gasteiger partial charge in [-0.1, -0.05) is 23.7 Å². The van der Waals surface area contributed by atoms with Crippen molar-refractivity contribution in [3.05, 3.63) is 77.3 Å². The Morgan fingerprint density at radius 3 is 2.19 bits per heavy atom. The summed E-state index contributed by atoms with van der Waals surface area (Å²) in [5.41, 5.74) is 2.85. The summed E-state index contributed by atoms with van der Waals surface area (Å²) in [4.78, 5) is 12.5. The van der Waals surface area contributed by atoms with Gasteiger partial charge in [0.1, 0.15) is 0 Å². The predicted molar refractivity (Wildman–Crippen MR) is 109 cm³/mol. The summed E-state index contributed by atoms with van der Waals surface area (Å²) in [7, 11) is 3.08. The molecule has 0 bridgehead atoms. The van der Waals surface area contributed by atoms with Crippen molar-refractivity contribution in [2.45, 2.75) is 0 Å². The number of rotatable bonds is 6. The van der Waals surface area contributed by atoms with E-state index in [2.05, 4.69) is 10.6 Å². The summed E-state index contributed by atoms with van der Waals surface area (Å²) >= 11 is 6.15. The lowest BCUT2D eigenvalue weighted by molar-refractivity contribution is 0.102. The van der Waals surface area contributed by atoms with Gasteiger partial charge < -0.3 is 20.1 Å². The molecule has 0 spiro atoms. The van der Waals surface area contributed by atoms with E-state index in [9.17, 15) is 4.79 Å². The van der Waals surface area contributed by atoms with E-state index in [4.69, 9.17) is 21.1 Å². The molecule has 1 amide bonds. The van der Waals surface area contributed by atoms with Crippen LogP contribution in [0.3, 0.4) is 0 Å². The number of benzene rings is 3. The molecule has 3 rings (SSSR count). The second kappa shape index (κ2) is 8.47. The number of hydrogen-bond acceptors (Lipinski definition) is 4. The molecule has 138 valence electrons. The number of amides is 1. The fraction of sp³-hybridized carbons (Fsp3) is 0.0952. The molecule has 0 aliphatic rings. The number of nitrogens with one attached hydrogen (secondary N) is 2. The summed E-state index contributed by atoms with van der Waals surface area (Å²) < 4.78 is 10.4. The number of halogens is 1. The Labute approximate surface area is 162 Å². The van der Waals surface area contributed by atoms with Gasteiger partial charge in [-0.15, -0.1) is 0 Å². The van der Waals surface area contributed by atoms with Crippen LogP contribution in [0.2, 0.25) is 5.02 Å². The number of hydrogen-bond donors (Lipinski definition) is 2. The van der Waals surface area contributed by atoms with Gasteiger partial charge >= 0.3 is 0 Å². The monoisotopic (exact) mass is 382 g/mol. The van der Waals surface area contributed by atoms with Crippen LogP contribution in [0.5, 0.6) is 11.5 Å². The normalized spacial score (nSPS) is 10.2. The SMILES string of the molecule is COc1ccc(C(=O)Nc2ccc(Nc3ccccc3Cl)cc2)cc1OC. The van der Waals surface area contributed by atoms with Gasteiger partial charge in [0.15, 0.2) is 11.5 Å². The maximum Gasteiger partial charge on any atom is 0.255 e. The van der Waals surface area contributed by atoms with Crippen molar-refractivity contribution in [1.82, 2.24) is 0 Å². The minimum absolute atomic E-state index is 0.234. The van der Waals surface area contributed by atoms with Crippen LogP contribution >= 0.6 is 11.6 Å². The molecule has 6 heteroatoms. The van der Waals surface area contributed by atoms with Crippen molar-refractivity contribution in [3.8, 4) is 11.5 Å². The Morgan fingerprint density at radius 2 is 1.52 bits per heavy atom. The average molecular weight is 383 g/mol. The highest BCUT2D eigenvalue weighted by Crippen LogP contribution is 2.28. The highest BCUT2D eigenvalue weighted by atomic mass is 35.5. The molecule has 0 radical (unpaired) electrons. The molecule has 0 saturated heterocycles. The molecule has 3 aromatic rings. The Bertz CT molecular complexity index is 942. The minimum Gasteiger partial charge on any atom is -0.493 e. The van der Waals surface area contributed by atoms with Gasteiger partial charge in [0.25, 0.3) is 5.91 Å². The average Bonchev–Trinajstić information content (AvgIpc) is 2.70. The number of ether oxygens (including phenoxy) is 2. The molecular formula is C21H19ClN2O3. The number of methoxy groups -OCH3 is 2. The maximum atomic E-state index is 12.5. The molecule has 0 aliphatic carbocycles. The second-order valence-electron chi connectivity index (χ2n) is 5.71. The van der Waals surface area contributed by atoms with Crippen molar-refractivity contribution >= 4 is 34.6 Å². The molecule has 0 aromatic heterocycles. The summed E-state index contributed by atoms with van der Waals surface area (Å²) in [6.45, 7) is 0. The van der Waals surface area contributed by atoms with Crippen LogP contribution in [0.25, 0.3) is 0 Å². The van der Waals surface area contributed by atoms with E-state index >= 15 is 0 Å². The number of carbonyl (C=O) groups excluding carboxylic acids is 1. The first-order valence-corrected chi connectivity index (χ1v) is 8.63. The molecule has 0 unspecified atom stereocenters. The third-order valence-electron chi connectivity index (χ3n) is 3.94. The van der Waals surface area contributed by atoms with Crippen LogP contribution in [0.15, 0.2) is 66.7 Å². The van der Waals surface area contributed by atoms with Crippen LogP contribution in [0.4, 0.5) is 17.1 Å². The fourth-order valence-electron chi connectivity index (χ4n) is 2.54. The van der Waals surface area contributed by atoms with E-state index < -0.39 is 0 Å². The van der Waals surface area contributed by atoms with Gasteiger partial charge in [-0.25, -0.2) is 0 Å². The van der Waals surface area contributed by atoms with Crippen molar-refractivity contribution < 1.29 is 14.3 Å². The first-order chi connectivity index (χ1) is 13.1. The molecular weight excluding hydrogens is 364 g/mol. The standard InChI is InChI=1S/C21H19ClN2O3/c1-26-19-12-7-14(13-20(19)27-2)21(25)24-16-10-8-15(9-11-16)23-18-6-4-3-5-17(18)22/h3-13,23H,1-2H3,(H,24,25). The van der Waals surface area contributed by atoms with E-state index in [-0.39, 0.29) is 5.91 Å². The van der Waals surface area contributed by atoms with E-state index in [0.29, 0.717) is 27.8 Å². The summed E-state index contributed by atoms with van der Waals surface area (Å²) in [5, 5.41) is 6.74. The topological polar surface area (TPSA) is 59.6 Å². The van der Waals surface area contributed by atoms with Gasteiger partial charge in [0.05, 0.1) is 24.9 Å². The van der Waals surface area contributed by atoms with Crippen LogP contribution in [-0.4, -0.2) is 20.1 Å².